The second kappa shape index (κ2) is 5.57. The first-order valence-electron chi connectivity index (χ1n) is 11.1. The van der Waals surface area contributed by atoms with Crippen molar-refractivity contribution in [3.8, 4) is 22.3 Å². The van der Waals surface area contributed by atoms with Crippen LogP contribution in [-0.2, 0) is 5.41 Å². The number of fused-ring (bicyclic) bond motifs is 14. The molecule has 0 unspecified atom stereocenters. The van der Waals surface area contributed by atoms with Crippen LogP contribution in [0.25, 0.3) is 44.2 Å². The Bertz CT molecular complexity index is 1690. The van der Waals surface area contributed by atoms with Crippen LogP contribution in [0.1, 0.15) is 22.3 Å². The largest absolute Gasteiger partial charge is 0.456 e. The first kappa shape index (κ1) is 16.6. The highest BCUT2D eigenvalue weighted by Crippen LogP contribution is 2.64. The van der Waals surface area contributed by atoms with E-state index in [0.717, 1.165) is 11.2 Å². The third-order valence-corrected chi connectivity index (χ3v) is 7.50. The lowest BCUT2D eigenvalue weighted by molar-refractivity contribution is 0.668. The van der Waals surface area contributed by atoms with E-state index in [4.69, 9.17) is 4.42 Å². The second-order valence-electron chi connectivity index (χ2n) is 8.85. The van der Waals surface area contributed by atoms with E-state index in [0.29, 0.717) is 0 Å². The van der Waals surface area contributed by atoms with Crippen molar-refractivity contribution in [2.24, 2.45) is 0 Å². The predicted molar refractivity (Wildman–Crippen MR) is 130 cm³/mol. The molecule has 0 aliphatic heterocycles. The molecule has 0 saturated heterocycles. The van der Waals surface area contributed by atoms with Gasteiger partial charge in [0.1, 0.15) is 11.2 Å². The third-order valence-electron chi connectivity index (χ3n) is 7.50. The van der Waals surface area contributed by atoms with Crippen LogP contribution in [0.5, 0.6) is 0 Å². The maximum atomic E-state index is 6.28. The quantitative estimate of drug-likeness (QED) is 0.249. The van der Waals surface area contributed by atoms with Crippen LogP contribution < -0.4 is 0 Å². The molecule has 32 heavy (non-hydrogen) atoms. The van der Waals surface area contributed by atoms with Crippen molar-refractivity contribution in [2.75, 3.05) is 0 Å². The number of furan rings is 1. The highest BCUT2D eigenvalue weighted by Gasteiger charge is 2.52. The molecule has 0 saturated carbocycles. The Morgan fingerprint density at radius 1 is 0.438 bits per heavy atom. The van der Waals surface area contributed by atoms with Gasteiger partial charge in [0.15, 0.2) is 0 Å². The van der Waals surface area contributed by atoms with Crippen molar-refractivity contribution in [1.29, 1.82) is 0 Å². The first-order chi connectivity index (χ1) is 15.9. The summed E-state index contributed by atoms with van der Waals surface area (Å²) in [7, 11) is 0. The zero-order valence-electron chi connectivity index (χ0n) is 17.3. The molecule has 0 bridgehead atoms. The van der Waals surface area contributed by atoms with Gasteiger partial charge in [0, 0.05) is 10.8 Å². The summed E-state index contributed by atoms with van der Waals surface area (Å²) in [5, 5.41) is 2.41. The van der Waals surface area contributed by atoms with Crippen molar-refractivity contribution in [3.63, 3.8) is 0 Å². The van der Waals surface area contributed by atoms with Crippen molar-refractivity contribution in [3.05, 3.63) is 131 Å². The van der Waals surface area contributed by atoms with Crippen LogP contribution in [-0.4, -0.2) is 0 Å². The maximum Gasteiger partial charge on any atom is 0.136 e. The maximum absolute atomic E-state index is 6.28. The first-order valence-corrected chi connectivity index (χ1v) is 11.1. The van der Waals surface area contributed by atoms with E-state index in [1.54, 1.807) is 0 Å². The van der Waals surface area contributed by atoms with Crippen LogP contribution in [0.2, 0.25) is 0 Å². The Morgan fingerprint density at radius 2 is 1.00 bits per heavy atom. The van der Waals surface area contributed by atoms with E-state index in [-0.39, 0.29) is 5.41 Å². The van der Waals surface area contributed by atoms with Gasteiger partial charge in [0.2, 0.25) is 0 Å². The molecule has 2 aliphatic rings. The van der Waals surface area contributed by atoms with E-state index < -0.39 is 0 Å². The molecule has 0 N–H and O–H groups in total. The number of hydrogen-bond donors (Lipinski definition) is 0. The van der Waals surface area contributed by atoms with Crippen LogP contribution in [0, 0.1) is 0 Å². The number of rotatable bonds is 0. The molecule has 5 aromatic carbocycles. The molecule has 1 heteroatoms. The van der Waals surface area contributed by atoms with E-state index in [9.17, 15) is 0 Å². The van der Waals surface area contributed by atoms with Gasteiger partial charge >= 0.3 is 0 Å². The van der Waals surface area contributed by atoms with E-state index >= 15 is 0 Å². The molecule has 0 fully saturated rings. The molecule has 1 nitrogen and oxygen atoms in total. The molecule has 8 rings (SSSR count). The van der Waals surface area contributed by atoms with Crippen LogP contribution in [0.15, 0.2) is 114 Å². The van der Waals surface area contributed by atoms with Gasteiger partial charge in [0.25, 0.3) is 0 Å². The summed E-state index contributed by atoms with van der Waals surface area (Å²) in [5.74, 6) is 0. The molecule has 0 atom stereocenters. The molecule has 0 radical (unpaired) electrons. The smallest absolute Gasteiger partial charge is 0.136 e. The van der Waals surface area contributed by atoms with Crippen molar-refractivity contribution >= 4 is 21.9 Å². The van der Waals surface area contributed by atoms with Gasteiger partial charge in [0.05, 0.1) is 5.41 Å². The lowest BCUT2D eigenvalue weighted by atomic mass is 9.70. The van der Waals surface area contributed by atoms with Crippen LogP contribution in [0.4, 0.5) is 0 Å². The second-order valence-corrected chi connectivity index (χ2v) is 8.85. The van der Waals surface area contributed by atoms with E-state index in [1.165, 1.54) is 55.3 Å². The average molecular weight is 406 g/mol. The Labute approximate surface area is 185 Å². The van der Waals surface area contributed by atoms with Gasteiger partial charge in [-0.2, -0.15) is 0 Å². The number of hydrogen-bond acceptors (Lipinski definition) is 1. The number of para-hydroxylation sites is 1. The summed E-state index contributed by atoms with van der Waals surface area (Å²) < 4.78 is 6.28. The Balaban J connectivity index is 1.65. The van der Waals surface area contributed by atoms with Gasteiger partial charge in [-0.15, -0.1) is 0 Å². The predicted octanol–water partition coefficient (Wildman–Crippen LogP) is 7.93. The van der Waals surface area contributed by atoms with Gasteiger partial charge in [-0.3, -0.25) is 0 Å². The zero-order valence-corrected chi connectivity index (χ0v) is 17.3. The fraction of sp³-hybridized carbons (Fsp3) is 0.0323. The molecule has 148 valence electrons. The minimum absolute atomic E-state index is 0.300. The molecule has 1 spiro atoms. The topological polar surface area (TPSA) is 13.1 Å². The van der Waals surface area contributed by atoms with Crippen molar-refractivity contribution in [1.82, 2.24) is 0 Å². The molecule has 1 heterocycles. The Hall–Kier alpha value is -4.10. The minimum Gasteiger partial charge on any atom is -0.456 e. The summed E-state index contributed by atoms with van der Waals surface area (Å²) in [5.41, 5.74) is 12.4. The molecular formula is C31H18O. The van der Waals surface area contributed by atoms with Gasteiger partial charge in [-0.05, 0) is 56.6 Å². The molecule has 2 aliphatic carbocycles. The van der Waals surface area contributed by atoms with Crippen LogP contribution in [0.3, 0.4) is 0 Å². The molecule has 0 amide bonds. The molecular weight excluding hydrogens is 388 g/mol. The Kier molecular flexibility index (Phi) is 2.89. The fourth-order valence-corrected chi connectivity index (χ4v) is 6.40. The lowest BCUT2D eigenvalue weighted by Crippen LogP contribution is -2.25. The summed E-state index contributed by atoms with van der Waals surface area (Å²) in [4.78, 5) is 0. The number of benzene rings is 5. The molecule has 6 aromatic rings. The Morgan fingerprint density at radius 3 is 1.72 bits per heavy atom. The summed E-state index contributed by atoms with van der Waals surface area (Å²) in [6.45, 7) is 0. The fourth-order valence-electron chi connectivity index (χ4n) is 6.40. The van der Waals surface area contributed by atoms with Crippen molar-refractivity contribution < 1.29 is 4.42 Å². The van der Waals surface area contributed by atoms with Gasteiger partial charge < -0.3 is 4.42 Å². The van der Waals surface area contributed by atoms with Crippen LogP contribution >= 0.6 is 0 Å². The van der Waals surface area contributed by atoms with E-state index in [1.807, 2.05) is 6.07 Å². The highest BCUT2D eigenvalue weighted by molar-refractivity contribution is 6.16. The monoisotopic (exact) mass is 406 g/mol. The summed E-state index contributed by atoms with van der Waals surface area (Å²) in [6, 6.07) is 39.7. The third kappa shape index (κ3) is 1.71. The SMILES string of the molecule is c1ccc2c(c1)-c1ccccc1C21c2ccccc2-c2c1ccc1oc3ccccc3c21. The zero-order chi connectivity index (χ0) is 20.9. The van der Waals surface area contributed by atoms with Crippen molar-refractivity contribution in [2.45, 2.75) is 5.41 Å². The highest BCUT2D eigenvalue weighted by atomic mass is 16.3. The summed E-state index contributed by atoms with van der Waals surface area (Å²) >= 11 is 0. The van der Waals surface area contributed by atoms with E-state index in [2.05, 4.69) is 103 Å². The van der Waals surface area contributed by atoms with Gasteiger partial charge in [-0.1, -0.05) is 97.1 Å². The average Bonchev–Trinajstić information content (AvgIpc) is 3.48. The normalized spacial score (nSPS) is 14.5. The molecule has 1 aromatic heterocycles. The summed E-state index contributed by atoms with van der Waals surface area (Å²) in [6.07, 6.45) is 0. The standard InChI is InChI=1S/C31H18O/c1-5-13-23-19(9-1)20-10-2-6-14-24(20)31(23)25-15-7-3-11-21(25)29-26(31)17-18-28-30(29)22-12-4-8-16-27(22)32-28/h1-18H. The minimum atomic E-state index is -0.300. The van der Waals surface area contributed by atoms with Gasteiger partial charge in [-0.25, -0.2) is 0 Å². The lowest BCUT2D eigenvalue weighted by Gasteiger charge is -2.30.